The van der Waals surface area contributed by atoms with Gasteiger partial charge in [-0.05, 0) is 47.8 Å². The number of thiophene rings is 1. The number of hydrogen-bond donors (Lipinski definition) is 1. The van der Waals surface area contributed by atoms with Gasteiger partial charge in [-0.25, -0.2) is 0 Å². The molecule has 0 fully saturated rings. The first-order valence-corrected chi connectivity index (χ1v) is 8.35. The van der Waals surface area contributed by atoms with Crippen LogP contribution in [0.1, 0.15) is 61.7 Å². The van der Waals surface area contributed by atoms with Crippen molar-refractivity contribution in [3.05, 3.63) is 57.8 Å². The maximum absolute atomic E-state index is 3.83. The zero-order valence-electron chi connectivity index (χ0n) is 12.5. The number of fused-ring (bicyclic) bond motifs is 1. The maximum atomic E-state index is 3.83. The molecule has 1 heterocycles. The van der Waals surface area contributed by atoms with E-state index in [0.717, 1.165) is 0 Å². The van der Waals surface area contributed by atoms with Gasteiger partial charge in [0, 0.05) is 17.0 Å². The third-order valence-electron chi connectivity index (χ3n) is 4.54. The van der Waals surface area contributed by atoms with Crippen molar-refractivity contribution >= 4 is 11.3 Å². The van der Waals surface area contributed by atoms with Gasteiger partial charge in [0.05, 0.1) is 0 Å². The van der Waals surface area contributed by atoms with Gasteiger partial charge in [0.2, 0.25) is 0 Å². The van der Waals surface area contributed by atoms with Gasteiger partial charge >= 0.3 is 0 Å². The zero-order valence-corrected chi connectivity index (χ0v) is 13.3. The summed E-state index contributed by atoms with van der Waals surface area (Å²) in [4.78, 5) is 1.42. The van der Waals surface area contributed by atoms with E-state index in [1.165, 1.54) is 28.8 Å². The van der Waals surface area contributed by atoms with Crippen LogP contribution in [0, 0.1) is 0 Å². The van der Waals surface area contributed by atoms with E-state index >= 15 is 0 Å². The molecule has 0 aliphatic heterocycles. The first kappa shape index (κ1) is 13.8. The van der Waals surface area contributed by atoms with E-state index in [4.69, 9.17) is 0 Å². The van der Waals surface area contributed by atoms with Crippen molar-refractivity contribution in [3.63, 3.8) is 0 Å². The molecule has 0 bridgehead atoms. The summed E-state index contributed by atoms with van der Waals surface area (Å²) in [7, 11) is 0. The van der Waals surface area contributed by atoms with Gasteiger partial charge < -0.3 is 5.32 Å². The summed E-state index contributed by atoms with van der Waals surface area (Å²) in [5.74, 6) is 0. The van der Waals surface area contributed by atoms with E-state index in [2.05, 4.69) is 67.9 Å². The molecule has 2 aromatic rings. The summed E-state index contributed by atoms with van der Waals surface area (Å²) in [6.45, 7) is 7.00. The Morgan fingerprint density at radius 3 is 2.75 bits per heavy atom. The highest BCUT2D eigenvalue weighted by molar-refractivity contribution is 7.10. The predicted molar refractivity (Wildman–Crippen MR) is 87.3 cm³/mol. The van der Waals surface area contributed by atoms with Crippen LogP contribution in [-0.2, 0) is 5.41 Å². The summed E-state index contributed by atoms with van der Waals surface area (Å²) in [5, 5.41) is 5.98. The van der Waals surface area contributed by atoms with Crippen LogP contribution in [0.2, 0.25) is 0 Å². The molecule has 106 valence electrons. The number of rotatable bonds is 3. The van der Waals surface area contributed by atoms with Crippen molar-refractivity contribution in [2.45, 2.75) is 51.1 Å². The van der Waals surface area contributed by atoms with Crippen LogP contribution in [0.4, 0.5) is 0 Å². The number of nitrogens with one attached hydrogen (secondary N) is 1. The quantitative estimate of drug-likeness (QED) is 0.816. The normalized spacial score (nSPS) is 22.2. The second kappa shape index (κ2) is 5.34. The molecule has 1 N–H and O–H groups in total. The van der Waals surface area contributed by atoms with Crippen LogP contribution in [-0.4, -0.2) is 0 Å². The van der Waals surface area contributed by atoms with Gasteiger partial charge in [0.15, 0.2) is 0 Å². The fourth-order valence-electron chi connectivity index (χ4n) is 3.31. The lowest BCUT2D eigenvalue weighted by Crippen LogP contribution is -2.33. The first-order valence-electron chi connectivity index (χ1n) is 7.47. The molecule has 1 aromatic heterocycles. The minimum Gasteiger partial charge on any atom is -0.303 e. The fourth-order valence-corrected chi connectivity index (χ4v) is 4.05. The Bertz CT molecular complexity index is 571. The van der Waals surface area contributed by atoms with Crippen molar-refractivity contribution in [3.8, 4) is 0 Å². The molecule has 20 heavy (non-hydrogen) atoms. The Balaban J connectivity index is 1.85. The van der Waals surface area contributed by atoms with Crippen LogP contribution in [0.15, 0.2) is 41.8 Å². The monoisotopic (exact) mass is 285 g/mol. The summed E-state index contributed by atoms with van der Waals surface area (Å²) >= 11 is 1.84. The van der Waals surface area contributed by atoms with Crippen LogP contribution in [0.3, 0.4) is 0 Å². The van der Waals surface area contributed by atoms with Crippen LogP contribution >= 0.6 is 11.3 Å². The highest BCUT2D eigenvalue weighted by atomic mass is 32.1. The van der Waals surface area contributed by atoms with Gasteiger partial charge in [0.25, 0.3) is 0 Å². The first-order chi connectivity index (χ1) is 9.58. The van der Waals surface area contributed by atoms with Crippen molar-refractivity contribution in [2.24, 2.45) is 0 Å². The lowest BCUT2D eigenvalue weighted by Gasteiger charge is -2.38. The zero-order chi connectivity index (χ0) is 14.2. The Labute approximate surface area is 126 Å². The number of hydrogen-bond acceptors (Lipinski definition) is 2. The van der Waals surface area contributed by atoms with E-state index in [1.54, 1.807) is 0 Å². The van der Waals surface area contributed by atoms with Crippen molar-refractivity contribution in [1.82, 2.24) is 5.32 Å². The molecule has 3 rings (SSSR count). The van der Waals surface area contributed by atoms with E-state index in [-0.39, 0.29) is 0 Å². The van der Waals surface area contributed by atoms with Crippen molar-refractivity contribution < 1.29 is 0 Å². The minimum atomic E-state index is 0.306. The van der Waals surface area contributed by atoms with Crippen molar-refractivity contribution in [1.29, 1.82) is 0 Å². The second-order valence-electron chi connectivity index (χ2n) is 6.47. The Kier molecular flexibility index (Phi) is 3.70. The summed E-state index contributed by atoms with van der Waals surface area (Å²) in [5.41, 5.74) is 3.32. The Morgan fingerprint density at radius 1 is 1.20 bits per heavy atom. The van der Waals surface area contributed by atoms with Crippen molar-refractivity contribution in [2.75, 3.05) is 0 Å². The van der Waals surface area contributed by atoms with Gasteiger partial charge in [-0.15, -0.1) is 11.3 Å². The molecule has 0 radical (unpaired) electrons. The minimum absolute atomic E-state index is 0.306. The molecule has 0 amide bonds. The molecule has 0 saturated heterocycles. The summed E-state index contributed by atoms with van der Waals surface area (Å²) in [6.07, 6.45) is 2.47. The maximum Gasteiger partial charge on any atom is 0.0391 e. The highest BCUT2D eigenvalue weighted by Crippen LogP contribution is 2.42. The molecule has 0 saturated carbocycles. The third-order valence-corrected chi connectivity index (χ3v) is 5.60. The van der Waals surface area contributed by atoms with Gasteiger partial charge in [-0.1, -0.05) is 44.2 Å². The highest BCUT2D eigenvalue weighted by Gasteiger charge is 2.32. The molecule has 1 aliphatic rings. The second-order valence-corrected chi connectivity index (χ2v) is 7.45. The average Bonchev–Trinajstić information content (AvgIpc) is 2.96. The molecule has 2 atom stereocenters. The predicted octanol–water partition coefficient (Wildman–Crippen LogP) is 5.21. The van der Waals surface area contributed by atoms with Crippen LogP contribution in [0.5, 0.6) is 0 Å². The molecule has 1 aromatic carbocycles. The van der Waals surface area contributed by atoms with E-state index < -0.39 is 0 Å². The largest absolute Gasteiger partial charge is 0.303 e. The van der Waals surface area contributed by atoms with E-state index in [9.17, 15) is 0 Å². The molecule has 1 unspecified atom stereocenters. The standard InChI is InChI=1S/C18H23NS/c1-13(17-9-6-12-20-17)19-16-10-11-18(2,3)15-8-5-4-7-14(15)16/h4-9,12-13,16,19H,10-11H2,1-3H3/t13-,16?/m0/s1. The molecule has 1 aliphatic carbocycles. The Hall–Kier alpha value is -1.12. The third kappa shape index (κ3) is 2.55. The summed E-state index contributed by atoms with van der Waals surface area (Å²) in [6, 6.07) is 14.2. The topological polar surface area (TPSA) is 12.0 Å². The average molecular weight is 285 g/mol. The van der Waals surface area contributed by atoms with Gasteiger partial charge in [-0.2, -0.15) is 0 Å². The molecular weight excluding hydrogens is 262 g/mol. The van der Waals surface area contributed by atoms with Crippen LogP contribution in [0.25, 0.3) is 0 Å². The lowest BCUT2D eigenvalue weighted by atomic mass is 9.71. The van der Waals surface area contributed by atoms with Crippen LogP contribution < -0.4 is 5.32 Å². The molecule has 1 nitrogen and oxygen atoms in total. The number of benzene rings is 1. The SMILES string of the molecule is C[C@H](NC1CCC(C)(C)c2ccccc21)c1cccs1. The van der Waals surface area contributed by atoms with E-state index in [0.29, 0.717) is 17.5 Å². The molecular formula is C18H23NS. The summed E-state index contributed by atoms with van der Waals surface area (Å²) < 4.78 is 0. The smallest absolute Gasteiger partial charge is 0.0391 e. The molecule has 0 spiro atoms. The fraction of sp³-hybridized carbons (Fsp3) is 0.444. The van der Waals surface area contributed by atoms with Gasteiger partial charge in [0.1, 0.15) is 0 Å². The molecule has 2 heteroatoms. The van der Waals surface area contributed by atoms with E-state index in [1.807, 2.05) is 11.3 Å². The Morgan fingerprint density at radius 2 is 2.00 bits per heavy atom. The lowest BCUT2D eigenvalue weighted by molar-refractivity contribution is 0.341. The van der Waals surface area contributed by atoms with Gasteiger partial charge in [-0.3, -0.25) is 0 Å².